The first-order valence-electron chi connectivity index (χ1n) is 7.95. The van der Waals surface area contributed by atoms with Crippen LogP contribution in [0.25, 0.3) is 0 Å². The SMILES string of the molecule is CCN(CCN)C(C)c1ccc(OCc2ccccc2)cc1. The summed E-state index contributed by atoms with van der Waals surface area (Å²) in [5, 5.41) is 0. The first-order valence-corrected chi connectivity index (χ1v) is 7.95. The van der Waals surface area contributed by atoms with Gasteiger partial charge in [0.15, 0.2) is 0 Å². The van der Waals surface area contributed by atoms with Crippen molar-refractivity contribution in [2.45, 2.75) is 26.5 Å². The second-order valence-corrected chi connectivity index (χ2v) is 5.44. The molecule has 0 spiro atoms. The van der Waals surface area contributed by atoms with E-state index in [0.717, 1.165) is 18.8 Å². The summed E-state index contributed by atoms with van der Waals surface area (Å²) in [6.07, 6.45) is 0. The molecule has 0 fully saturated rings. The number of hydrogen-bond donors (Lipinski definition) is 1. The van der Waals surface area contributed by atoms with Crippen LogP contribution < -0.4 is 10.5 Å². The van der Waals surface area contributed by atoms with Gasteiger partial charge in [0.2, 0.25) is 0 Å². The molecule has 2 rings (SSSR count). The van der Waals surface area contributed by atoms with Gasteiger partial charge < -0.3 is 10.5 Å². The Balaban J connectivity index is 1.95. The average Bonchev–Trinajstić information content (AvgIpc) is 2.58. The van der Waals surface area contributed by atoms with Gasteiger partial charge in [-0.1, -0.05) is 49.4 Å². The van der Waals surface area contributed by atoms with Gasteiger partial charge in [-0.15, -0.1) is 0 Å². The minimum absolute atomic E-state index is 0.372. The van der Waals surface area contributed by atoms with Gasteiger partial charge in [-0.3, -0.25) is 4.90 Å². The fourth-order valence-electron chi connectivity index (χ4n) is 2.59. The van der Waals surface area contributed by atoms with Gasteiger partial charge in [0.05, 0.1) is 0 Å². The molecule has 3 nitrogen and oxygen atoms in total. The number of nitrogens with two attached hydrogens (primary N) is 1. The molecule has 22 heavy (non-hydrogen) atoms. The Morgan fingerprint density at radius 1 is 1.05 bits per heavy atom. The third-order valence-corrected chi connectivity index (χ3v) is 3.98. The molecule has 2 aromatic rings. The van der Waals surface area contributed by atoms with Gasteiger partial charge in [-0.05, 0) is 36.7 Å². The highest BCUT2D eigenvalue weighted by molar-refractivity contribution is 5.29. The molecule has 0 aliphatic heterocycles. The molecule has 0 amide bonds. The zero-order chi connectivity index (χ0) is 15.8. The predicted octanol–water partition coefficient (Wildman–Crippen LogP) is 3.61. The standard InChI is InChI=1S/C19H26N2O/c1-3-21(14-13-20)16(2)18-9-11-19(12-10-18)22-15-17-7-5-4-6-8-17/h4-12,16H,3,13-15,20H2,1-2H3. The second-order valence-electron chi connectivity index (χ2n) is 5.44. The Morgan fingerprint density at radius 3 is 2.32 bits per heavy atom. The fraction of sp³-hybridized carbons (Fsp3) is 0.368. The highest BCUT2D eigenvalue weighted by Crippen LogP contribution is 2.22. The van der Waals surface area contributed by atoms with Gasteiger partial charge in [-0.2, -0.15) is 0 Å². The van der Waals surface area contributed by atoms with Crippen LogP contribution in [0.1, 0.15) is 31.0 Å². The summed E-state index contributed by atoms with van der Waals surface area (Å²) in [5.74, 6) is 0.904. The monoisotopic (exact) mass is 298 g/mol. The molecule has 3 heteroatoms. The van der Waals surface area contributed by atoms with Crippen LogP contribution in [0.2, 0.25) is 0 Å². The maximum absolute atomic E-state index is 5.83. The number of hydrogen-bond acceptors (Lipinski definition) is 3. The van der Waals surface area contributed by atoms with E-state index in [4.69, 9.17) is 10.5 Å². The number of nitrogens with zero attached hydrogens (tertiary/aromatic N) is 1. The van der Waals surface area contributed by atoms with Crippen LogP contribution in [0.4, 0.5) is 0 Å². The van der Waals surface area contributed by atoms with Crippen LogP contribution in [0, 0.1) is 0 Å². The number of rotatable bonds is 8. The third-order valence-electron chi connectivity index (χ3n) is 3.98. The summed E-state index contributed by atoms with van der Waals surface area (Å²) in [7, 11) is 0. The summed E-state index contributed by atoms with van der Waals surface area (Å²) >= 11 is 0. The van der Waals surface area contributed by atoms with Crippen molar-refractivity contribution < 1.29 is 4.74 Å². The van der Waals surface area contributed by atoms with E-state index in [1.807, 2.05) is 30.3 Å². The Labute approximate surface area is 133 Å². The topological polar surface area (TPSA) is 38.5 Å². The molecule has 0 saturated heterocycles. The van der Waals surface area contributed by atoms with Gasteiger partial charge in [0, 0.05) is 19.1 Å². The molecule has 0 aromatic heterocycles. The van der Waals surface area contributed by atoms with Crippen LogP contribution >= 0.6 is 0 Å². The highest BCUT2D eigenvalue weighted by Gasteiger charge is 2.13. The third kappa shape index (κ3) is 4.58. The average molecular weight is 298 g/mol. The summed E-state index contributed by atoms with van der Waals surface area (Å²) in [6.45, 7) is 7.61. The lowest BCUT2D eigenvalue weighted by atomic mass is 10.1. The molecule has 0 heterocycles. The van der Waals surface area contributed by atoms with E-state index in [0.29, 0.717) is 19.2 Å². The van der Waals surface area contributed by atoms with Crippen LogP contribution in [0.5, 0.6) is 5.75 Å². The van der Waals surface area contributed by atoms with E-state index in [9.17, 15) is 0 Å². The molecular weight excluding hydrogens is 272 g/mol. The van der Waals surface area contributed by atoms with Crippen molar-refractivity contribution >= 4 is 0 Å². The summed E-state index contributed by atoms with van der Waals surface area (Å²) in [6, 6.07) is 19.0. The largest absolute Gasteiger partial charge is 0.489 e. The quantitative estimate of drug-likeness (QED) is 0.809. The molecule has 2 aromatic carbocycles. The number of likely N-dealkylation sites (N-methyl/N-ethyl adjacent to an activating group) is 1. The number of ether oxygens (including phenoxy) is 1. The maximum atomic E-state index is 5.83. The van der Waals surface area contributed by atoms with Crippen LogP contribution in [0.15, 0.2) is 54.6 Å². The summed E-state index contributed by atoms with van der Waals surface area (Å²) in [5.41, 5.74) is 8.15. The van der Waals surface area contributed by atoms with Gasteiger partial charge in [-0.25, -0.2) is 0 Å². The molecule has 1 atom stereocenters. The Morgan fingerprint density at radius 2 is 1.73 bits per heavy atom. The maximum Gasteiger partial charge on any atom is 0.119 e. The Hall–Kier alpha value is -1.84. The Bertz CT molecular complexity index is 539. The molecule has 0 saturated carbocycles. The molecule has 0 radical (unpaired) electrons. The van der Waals surface area contributed by atoms with Crippen LogP contribution in [-0.4, -0.2) is 24.5 Å². The molecule has 1 unspecified atom stereocenters. The summed E-state index contributed by atoms with van der Waals surface area (Å²) in [4.78, 5) is 2.37. The predicted molar refractivity (Wildman–Crippen MR) is 91.9 cm³/mol. The van der Waals surface area contributed by atoms with E-state index in [-0.39, 0.29) is 0 Å². The van der Waals surface area contributed by atoms with E-state index in [1.165, 1.54) is 11.1 Å². The van der Waals surface area contributed by atoms with Crippen molar-refractivity contribution in [3.63, 3.8) is 0 Å². The molecule has 0 aliphatic carbocycles. The van der Waals surface area contributed by atoms with Gasteiger partial charge >= 0.3 is 0 Å². The minimum Gasteiger partial charge on any atom is -0.489 e. The van der Waals surface area contributed by atoms with E-state index in [2.05, 4.69) is 43.0 Å². The fourth-order valence-corrected chi connectivity index (χ4v) is 2.59. The molecular formula is C19H26N2O. The van der Waals surface area contributed by atoms with Crippen LogP contribution in [0.3, 0.4) is 0 Å². The van der Waals surface area contributed by atoms with Crippen molar-refractivity contribution in [1.29, 1.82) is 0 Å². The molecule has 0 aliphatic rings. The normalized spacial score (nSPS) is 12.4. The lowest BCUT2D eigenvalue weighted by Gasteiger charge is -2.27. The van der Waals surface area contributed by atoms with Gasteiger partial charge in [0.25, 0.3) is 0 Å². The van der Waals surface area contributed by atoms with Crippen molar-refractivity contribution in [3.05, 3.63) is 65.7 Å². The van der Waals surface area contributed by atoms with Crippen molar-refractivity contribution in [3.8, 4) is 5.75 Å². The van der Waals surface area contributed by atoms with Crippen molar-refractivity contribution in [2.75, 3.05) is 19.6 Å². The van der Waals surface area contributed by atoms with Gasteiger partial charge in [0.1, 0.15) is 12.4 Å². The molecule has 0 bridgehead atoms. The van der Waals surface area contributed by atoms with Crippen molar-refractivity contribution in [2.24, 2.45) is 5.73 Å². The lowest BCUT2D eigenvalue weighted by Crippen LogP contribution is -2.31. The van der Waals surface area contributed by atoms with E-state index < -0.39 is 0 Å². The minimum atomic E-state index is 0.372. The van der Waals surface area contributed by atoms with E-state index >= 15 is 0 Å². The summed E-state index contributed by atoms with van der Waals surface area (Å²) < 4.78 is 5.83. The highest BCUT2D eigenvalue weighted by atomic mass is 16.5. The molecule has 118 valence electrons. The van der Waals surface area contributed by atoms with Crippen molar-refractivity contribution in [1.82, 2.24) is 4.90 Å². The Kier molecular flexibility index (Phi) is 6.44. The smallest absolute Gasteiger partial charge is 0.119 e. The lowest BCUT2D eigenvalue weighted by molar-refractivity contribution is 0.228. The van der Waals surface area contributed by atoms with Crippen LogP contribution in [-0.2, 0) is 6.61 Å². The first kappa shape index (κ1) is 16.5. The zero-order valence-electron chi connectivity index (χ0n) is 13.5. The first-order chi connectivity index (χ1) is 10.7. The van der Waals surface area contributed by atoms with E-state index in [1.54, 1.807) is 0 Å². The zero-order valence-corrected chi connectivity index (χ0v) is 13.5. The molecule has 2 N–H and O–H groups in total. The second kappa shape index (κ2) is 8.57. The number of benzene rings is 2.